The van der Waals surface area contributed by atoms with Gasteiger partial charge in [-0.05, 0) is 59.1 Å². The molecule has 0 spiro atoms. The van der Waals surface area contributed by atoms with Crippen molar-refractivity contribution in [3.63, 3.8) is 0 Å². The molecule has 0 bridgehead atoms. The molecule has 2 amide bonds. The smallest absolute Gasteiger partial charge is 0.339 e. The second-order valence-electron chi connectivity index (χ2n) is 5.11. The zero-order valence-corrected chi connectivity index (χ0v) is 15.9. The molecule has 0 heterocycles. The summed E-state index contributed by atoms with van der Waals surface area (Å²) in [6.45, 7) is 4.33. The van der Waals surface area contributed by atoms with Gasteiger partial charge >= 0.3 is 6.03 Å². The Balaban J connectivity index is 2.04. The first kappa shape index (κ1) is 18.8. The van der Waals surface area contributed by atoms with Crippen molar-refractivity contribution in [1.82, 2.24) is 5.43 Å². The fourth-order valence-electron chi connectivity index (χ4n) is 2.15. The largest absolute Gasteiger partial charge is 0.492 e. The lowest BCUT2D eigenvalue weighted by atomic mass is 10.2. The zero-order chi connectivity index (χ0) is 18.2. The molecule has 0 aliphatic rings. The van der Waals surface area contributed by atoms with Gasteiger partial charge in [-0.2, -0.15) is 5.10 Å². The first-order chi connectivity index (χ1) is 12.0. The van der Waals surface area contributed by atoms with Gasteiger partial charge in [0.15, 0.2) is 11.5 Å². The molecular formula is C18H20BrN3O3. The van der Waals surface area contributed by atoms with Crippen molar-refractivity contribution in [3.05, 3.63) is 52.0 Å². The number of nitrogens with one attached hydrogen (secondary N) is 2. The van der Waals surface area contributed by atoms with E-state index in [0.717, 1.165) is 21.3 Å². The molecule has 0 saturated carbocycles. The fourth-order valence-corrected chi connectivity index (χ4v) is 2.77. The molecular weight excluding hydrogens is 386 g/mol. The van der Waals surface area contributed by atoms with Crippen LogP contribution in [0.5, 0.6) is 11.5 Å². The quantitative estimate of drug-likeness (QED) is 0.555. The molecule has 0 aromatic heterocycles. The number of aryl methyl sites for hydroxylation is 1. The second-order valence-corrected chi connectivity index (χ2v) is 5.96. The number of amides is 2. The summed E-state index contributed by atoms with van der Waals surface area (Å²) in [5, 5.41) is 6.70. The number of halogens is 1. The Morgan fingerprint density at radius 3 is 2.76 bits per heavy atom. The van der Waals surface area contributed by atoms with E-state index in [9.17, 15) is 4.79 Å². The molecule has 0 aliphatic heterocycles. The third-order valence-corrected chi connectivity index (χ3v) is 3.90. The predicted molar refractivity (Wildman–Crippen MR) is 103 cm³/mol. The molecule has 0 saturated heterocycles. The average Bonchev–Trinajstić information content (AvgIpc) is 2.57. The molecule has 0 unspecified atom stereocenters. The summed E-state index contributed by atoms with van der Waals surface area (Å²) in [4.78, 5) is 11.9. The van der Waals surface area contributed by atoms with Crippen LogP contribution in [-0.2, 0) is 0 Å². The molecule has 132 valence electrons. The maximum absolute atomic E-state index is 11.9. The third kappa shape index (κ3) is 5.22. The standard InChI is InChI=1S/C18H20BrN3O3/c1-4-25-16-10-13(9-14(19)17(16)24-3)11-20-22-18(23)21-15-8-6-5-7-12(15)2/h5-11H,4H2,1-3H3,(H2,21,22,23)/b20-11-. The number of hydrogen-bond acceptors (Lipinski definition) is 4. The number of urea groups is 1. The number of para-hydroxylation sites is 1. The van der Waals surface area contributed by atoms with Crippen LogP contribution in [0.1, 0.15) is 18.1 Å². The summed E-state index contributed by atoms with van der Waals surface area (Å²) >= 11 is 3.43. The first-order valence-electron chi connectivity index (χ1n) is 7.71. The number of carbonyl (C=O) groups is 1. The molecule has 0 radical (unpaired) electrons. The minimum absolute atomic E-state index is 0.414. The number of nitrogens with zero attached hydrogens (tertiary/aromatic N) is 1. The maximum atomic E-state index is 11.9. The number of rotatable bonds is 6. The summed E-state index contributed by atoms with van der Waals surface area (Å²) in [6.07, 6.45) is 1.53. The normalized spacial score (nSPS) is 10.6. The fraction of sp³-hybridized carbons (Fsp3) is 0.222. The summed E-state index contributed by atoms with van der Waals surface area (Å²) in [6, 6.07) is 10.7. The first-order valence-corrected chi connectivity index (χ1v) is 8.50. The van der Waals surface area contributed by atoms with Gasteiger partial charge in [0.25, 0.3) is 0 Å². The van der Waals surface area contributed by atoms with Crippen LogP contribution >= 0.6 is 15.9 Å². The molecule has 6 nitrogen and oxygen atoms in total. The summed E-state index contributed by atoms with van der Waals surface area (Å²) in [5.41, 5.74) is 4.91. The number of hydrogen-bond donors (Lipinski definition) is 2. The van der Waals surface area contributed by atoms with E-state index in [0.29, 0.717) is 18.1 Å². The zero-order valence-electron chi connectivity index (χ0n) is 14.3. The lowest BCUT2D eigenvalue weighted by Crippen LogP contribution is -2.24. The number of ether oxygens (including phenoxy) is 2. The number of anilines is 1. The van der Waals surface area contributed by atoms with E-state index in [1.54, 1.807) is 13.2 Å². The van der Waals surface area contributed by atoms with Crippen LogP contribution in [0.3, 0.4) is 0 Å². The number of carbonyl (C=O) groups excluding carboxylic acids is 1. The van der Waals surface area contributed by atoms with Crippen LogP contribution in [0.25, 0.3) is 0 Å². The minimum atomic E-state index is -0.414. The van der Waals surface area contributed by atoms with E-state index < -0.39 is 6.03 Å². The Hall–Kier alpha value is -2.54. The van der Waals surface area contributed by atoms with Gasteiger partial charge in [-0.25, -0.2) is 10.2 Å². The third-order valence-electron chi connectivity index (χ3n) is 3.31. The van der Waals surface area contributed by atoms with Gasteiger partial charge in [0.2, 0.25) is 0 Å². The highest BCUT2D eigenvalue weighted by atomic mass is 79.9. The van der Waals surface area contributed by atoms with Gasteiger partial charge in [-0.15, -0.1) is 0 Å². The molecule has 0 atom stereocenters. The molecule has 25 heavy (non-hydrogen) atoms. The number of hydrazone groups is 1. The highest BCUT2D eigenvalue weighted by molar-refractivity contribution is 9.10. The van der Waals surface area contributed by atoms with Gasteiger partial charge < -0.3 is 14.8 Å². The van der Waals surface area contributed by atoms with Crippen molar-refractivity contribution in [2.45, 2.75) is 13.8 Å². The lowest BCUT2D eigenvalue weighted by molar-refractivity contribution is 0.252. The van der Waals surface area contributed by atoms with E-state index >= 15 is 0 Å². The van der Waals surface area contributed by atoms with Crippen molar-refractivity contribution in [2.24, 2.45) is 5.10 Å². The second kappa shape index (κ2) is 9.08. The van der Waals surface area contributed by atoms with Gasteiger partial charge in [-0.3, -0.25) is 0 Å². The van der Waals surface area contributed by atoms with Crippen molar-refractivity contribution >= 4 is 33.9 Å². The van der Waals surface area contributed by atoms with Gasteiger partial charge in [0.05, 0.1) is 24.4 Å². The Morgan fingerprint density at radius 2 is 2.08 bits per heavy atom. The summed E-state index contributed by atoms with van der Waals surface area (Å²) in [5.74, 6) is 1.22. The highest BCUT2D eigenvalue weighted by Gasteiger charge is 2.10. The van der Waals surface area contributed by atoms with Gasteiger partial charge in [0.1, 0.15) is 0 Å². The van der Waals surface area contributed by atoms with E-state index in [-0.39, 0.29) is 0 Å². The minimum Gasteiger partial charge on any atom is -0.492 e. The Bertz CT molecular complexity index is 778. The van der Waals surface area contributed by atoms with Crippen molar-refractivity contribution in [3.8, 4) is 11.5 Å². The van der Waals surface area contributed by atoms with Gasteiger partial charge in [-0.1, -0.05) is 18.2 Å². The number of methoxy groups -OCH3 is 1. The van der Waals surface area contributed by atoms with Crippen LogP contribution in [0.4, 0.5) is 10.5 Å². The van der Waals surface area contributed by atoms with Crippen LogP contribution in [0, 0.1) is 6.92 Å². The Labute approximate surface area is 155 Å². The predicted octanol–water partition coefficient (Wildman–Crippen LogP) is 4.32. The van der Waals surface area contributed by atoms with E-state index in [1.165, 1.54) is 6.21 Å². The molecule has 0 aliphatic carbocycles. The van der Waals surface area contributed by atoms with E-state index in [4.69, 9.17) is 9.47 Å². The summed E-state index contributed by atoms with van der Waals surface area (Å²) in [7, 11) is 1.58. The Morgan fingerprint density at radius 1 is 1.32 bits per heavy atom. The SMILES string of the molecule is CCOc1cc(/C=N\NC(=O)Nc2ccccc2C)cc(Br)c1OC. The molecule has 0 fully saturated rings. The Kier molecular flexibility index (Phi) is 6.82. The van der Waals surface area contributed by atoms with Crippen molar-refractivity contribution < 1.29 is 14.3 Å². The van der Waals surface area contributed by atoms with Crippen LogP contribution < -0.4 is 20.2 Å². The van der Waals surface area contributed by atoms with Crippen molar-refractivity contribution in [1.29, 1.82) is 0 Å². The van der Waals surface area contributed by atoms with Crippen LogP contribution in [-0.4, -0.2) is 26.0 Å². The topological polar surface area (TPSA) is 72.0 Å². The molecule has 2 aromatic carbocycles. The molecule has 2 aromatic rings. The summed E-state index contributed by atoms with van der Waals surface area (Å²) < 4.78 is 11.6. The average molecular weight is 406 g/mol. The maximum Gasteiger partial charge on any atom is 0.339 e. The van der Waals surface area contributed by atoms with Gasteiger partial charge in [0, 0.05) is 5.69 Å². The molecule has 2 N–H and O–H groups in total. The van der Waals surface area contributed by atoms with Crippen molar-refractivity contribution in [2.75, 3.05) is 19.0 Å². The van der Waals surface area contributed by atoms with E-state index in [1.807, 2.05) is 44.2 Å². The highest BCUT2D eigenvalue weighted by Crippen LogP contribution is 2.36. The molecule has 2 rings (SSSR count). The van der Waals surface area contributed by atoms with E-state index in [2.05, 4.69) is 31.8 Å². The monoisotopic (exact) mass is 405 g/mol. The van der Waals surface area contributed by atoms with Crippen LogP contribution in [0.15, 0.2) is 46.0 Å². The number of benzene rings is 2. The molecule has 7 heteroatoms. The lowest BCUT2D eigenvalue weighted by Gasteiger charge is -2.11. The van der Waals surface area contributed by atoms with Crippen LogP contribution in [0.2, 0.25) is 0 Å².